The molecule has 0 amide bonds. The molecule has 0 spiro atoms. The zero-order valence-corrected chi connectivity index (χ0v) is 14.2. The van der Waals surface area contributed by atoms with Gasteiger partial charge in [-0.15, -0.1) is 11.3 Å². The van der Waals surface area contributed by atoms with E-state index in [1.165, 1.54) is 17.1 Å². The molecule has 2 rings (SSSR count). The van der Waals surface area contributed by atoms with Crippen LogP contribution in [0.1, 0.15) is 51.2 Å². The molecule has 1 saturated heterocycles. The zero-order valence-electron chi connectivity index (χ0n) is 13.4. The molecule has 114 valence electrons. The fourth-order valence-corrected chi connectivity index (χ4v) is 4.03. The molecule has 4 heteroatoms. The molecule has 0 aromatic carbocycles. The van der Waals surface area contributed by atoms with Gasteiger partial charge in [0.2, 0.25) is 0 Å². The summed E-state index contributed by atoms with van der Waals surface area (Å²) >= 11 is 1.80. The minimum Gasteiger partial charge on any atom is -0.378 e. The Labute approximate surface area is 127 Å². The summed E-state index contributed by atoms with van der Waals surface area (Å²) in [6.07, 6.45) is 3.70. The van der Waals surface area contributed by atoms with E-state index in [4.69, 9.17) is 9.72 Å². The predicted molar refractivity (Wildman–Crippen MR) is 85.5 cm³/mol. The summed E-state index contributed by atoms with van der Waals surface area (Å²) in [6, 6.07) is 0.474. The van der Waals surface area contributed by atoms with E-state index in [1.54, 1.807) is 11.3 Å². The zero-order chi connectivity index (χ0) is 14.8. The Hall–Kier alpha value is -0.450. The Morgan fingerprint density at radius 1 is 1.50 bits per heavy atom. The number of aromatic nitrogens is 1. The summed E-state index contributed by atoms with van der Waals surface area (Å²) in [5.41, 5.74) is 1.36. The number of thiazole rings is 1. The number of nitrogens with zero attached hydrogens (tertiary/aromatic N) is 1. The highest BCUT2D eigenvalue weighted by atomic mass is 32.1. The standard InChI is InChI=1S/C16H28N2OS/c1-6-13-11(7-8-19-13)12(17-5)9-15-18-14(10-20-15)16(2,3)4/h10-13,17H,6-9H2,1-5H3. The first-order valence-corrected chi connectivity index (χ1v) is 8.57. The molecule has 20 heavy (non-hydrogen) atoms. The number of ether oxygens (including phenoxy) is 1. The van der Waals surface area contributed by atoms with Crippen LogP contribution in [0.4, 0.5) is 0 Å². The average Bonchev–Trinajstić information content (AvgIpc) is 3.03. The number of hydrogen-bond donors (Lipinski definition) is 1. The largest absolute Gasteiger partial charge is 0.378 e. The van der Waals surface area contributed by atoms with Crippen molar-refractivity contribution in [2.75, 3.05) is 13.7 Å². The molecule has 1 aromatic rings. The lowest BCUT2D eigenvalue weighted by Gasteiger charge is -2.26. The fourth-order valence-electron chi connectivity index (χ4n) is 2.95. The molecule has 1 N–H and O–H groups in total. The highest BCUT2D eigenvalue weighted by Gasteiger charge is 2.33. The van der Waals surface area contributed by atoms with E-state index in [2.05, 4.69) is 45.4 Å². The van der Waals surface area contributed by atoms with E-state index < -0.39 is 0 Å². The van der Waals surface area contributed by atoms with E-state index in [1.807, 2.05) is 0 Å². The summed E-state index contributed by atoms with van der Waals surface area (Å²) in [4.78, 5) is 4.83. The maximum Gasteiger partial charge on any atom is 0.0944 e. The van der Waals surface area contributed by atoms with E-state index in [0.717, 1.165) is 19.4 Å². The van der Waals surface area contributed by atoms with Crippen molar-refractivity contribution < 1.29 is 4.74 Å². The van der Waals surface area contributed by atoms with Crippen molar-refractivity contribution >= 4 is 11.3 Å². The highest BCUT2D eigenvalue weighted by Crippen LogP contribution is 2.30. The van der Waals surface area contributed by atoms with E-state index in [9.17, 15) is 0 Å². The van der Waals surface area contributed by atoms with Gasteiger partial charge in [-0.3, -0.25) is 0 Å². The second kappa shape index (κ2) is 6.54. The van der Waals surface area contributed by atoms with Crippen LogP contribution >= 0.6 is 11.3 Å². The summed E-state index contributed by atoms with van der Waals surface area (Å²) in [5, 5.41) is 6.95. The van der Waals surface area contributed by atoms with Crippen LogP contribution in [0.3, 0.4) is 0 Å². The molecule has 3 atom stereocenters. The summed E-state index contributed by atoms with van der Waals surface area (Å²) < 4.78 is 5.84. The minimum absolute atomic E-state index is 0.145. The second-order valence-electron chi connectivity index (χ2n) is 6.75. The van der Waals surface area contributed by atoms with Gasteiger partial charge in [0.1, 0.15) is 0 Å². The first-order chi connectivity index (χ1) is 9.45. The van der Waals surface area contributed by atoms with Gasteiger partial charge in [0, 0.05) is 35.8 Å². The third kappa shape index (κ3) is 3.60. The number of nitrogens with one attached hydrogen (secondary N) is 1. The van der Waals surface area contributed by atoms with Crippen molar-refractivity contribution in [3.05, 3.63) is 16.1 Å². The monoisotopic (exact) mass is 296 g/mol. The normalized spacial score (nSPS) is 25.1. The number of rotatable bonds is 5. The maximum atomic E-state index is 5.84. The molecule has 1 aromatic heterocycles. The Morgan fingerprint density at radius 3 is 2.80 bits per heavy atom. The van der Waals surface area contributed by atoms with Crippen LogP contribution in [-0.4, -0.2) is 30.8 Å². The van der Waals surface area contributed by atoms with Crippen molar-refractivity contribution in [2.45, 2.75) is 64.5 Å². The van der Waals surface area contributed by atoms with Crippen LogP contribution in [0.2, 0.25) is 0 Å². The van der Waals surface area contributed by atoms with Crippen LogP contribution < -0.4 is 5.32 Å². The van der Waals surface area contributed by atoms with Gasteiger partial charge in [0.15, 0.2) is 0 Å². The Kier molecular flexibility index (Phi) is 5.21. The van der Waals surface area contributed by atoms with E-state index >= 15 is 0 Å². The number of hydrogen-bond acceptors (Lipinski definition) is 4. The van der Waals surface area contributed by atoms with Gasteiger partial charge in [-0.1, -0.05) is 27.7 Å². The smallest absolute Gasteiger partial charge is 0.0944 e. The minimum atomic E-state index is 0.145. The Balaban J connectivity index is 2.05. The van der Waals surface area contributed by atoms with Crippen LogP contribution in [0.25, 0.3) is 0 Å². The van der Waals surface area contributed by atoms with Gasteiger partial charge in [-0.25, -0.2) is 4.98 Å². The highest BCUT2D eigenvalue weighted by molar-refractivity contribution is 7.09. The van der Waals surface area contributed by atoms with Gasteiger partial charge >= 0.3 is 0 Å². The molecule has 2 heterocycles. The second-order valence-corrected chi connectivity index (χ2v) is 7.69. The fraction of sp³-hybridized carbons (Fsp3) is 0.812. The molecule has 1 aliphatic heterocycles. The first kappa shape index (κ1) is 15.9. The molecule has 0 saturated carbocycles. The third-order valence-electron chi connectivity index (χ3n) is 4.27. The molecular formula is C16H28N2OS. The van der Waals surface area contributed by atoms with Crippen LogP contribution in [0, 0.1) is 5.92 Å². The van der Waals surface area contributed by atoms with Crippen LogP contribution in [0.5, 0.6) is 0 Å². The first-order valence-electron chi connectivity index (χ1n) is 7.69. The van der Waals surface area contributed by atoms with Crippen molar-refractivity contribution in [1.82, 2.24) is 10.3 Å². The SMILES string of the molecule is CCC1OCCC1C(Cc1nc(C(C)(C)C)cs1)NC. The molecule has 0 bridgehead atoms. The quantitative estimate of drug-likeness (QED) is 0.904. The lowest BCUT2D eigenvalue weighted by molar-refractivity contribution is 0.0783. The van der Waals surface area contributed by atoms with Crippen molar-refractivity contribution in [2.24, 2.45) is 5.92 Å². The van der Waals surface area contributed by atoms with Crippen molar-refractivity contribution in [1.29, 1.82) is 0 Å². The van der Waals surface area contributed by atoms with Crippen LogP contribution in [0.15, 0.2) is 5.38 Å². The average molecular weight is 296 g/mol. The molecule has 3 unspecified atom stereocenters. The van der Waals surface area contributed by atoms with E-state index in [-0.39, 0.29) is 5.41 Å². The van der Waals surface area contributed by atoms with Gasteiger partial charge in [0.25, 0.3) is 0 Å². The topological polar surface area (TPSA) is 34.1 Å². The van der Waals surface area contributed by atoms with Crippen molar-refractivity contribution in [3.8, 4) is 0 Å². The van der Waals surface area contributed by atoms with Gasteiger partial charge in [-0.05, 0) is 19.9 Å². The lowest BCUT2D eigenvalue weighted by Crippen LogP contribution is -2.39. The van der Waals surface area contributed by atoms with Crippen LogP contribution in [-0.2, 0) is 16.6 Å². The Morgan fingerprint density at radius 2 is 2.25 bits per heavy atom. The maximum absolute atomic E-state index is 5.84. The van der Waals surface area contributed by atoms with E-state index in [0.29, 0.717) is 18.1 Å². The summed E-state index contributed by atoms with van der Waals surface area (Å²) in [6.45, 7) is 9.79. The van der Waals surface area contributed by atoms with Gasteiger partial charge in [0.05, 0.1) is 16.8 Å². The van der Waals surface area contributed by atoms with Crippen molar-refractivity contribution in [3.63, 3.8) is 0 Å². The molecule has 1 aliphatic rings. The molecule has 1 fully saturated rings. The molecule has 0 radical (unpaired) electrons. The Bertz CT molecular complexity index is 424. The molecular weight excluding hydrogens is 268 g/mol. The predicted octanol–water partition coefficient (Wildman–Crippen LogP) is 3.39. The van der Waals surface area contributed by atoms with Gasteiger partial charge < -0.3 is 10.1 Å². The summed E-state index contributed by atoms with van der Waals surface area (Å²) in [5.74, 6) is 0.618. The molecule has 0 aliphatic carbocycles. The number of likely N-dealkylation sites (N-methyl/N-ethyl adjacent to an activating group) is 1. The third-order valence-corrected chi connectivity index (χ3v) is 5.14. The van der Waals surface area contributed by atoms with Gasteiger partial charge in [-0.2, -0.15) is 0 Å². The lowest BCUT2D eigenvalue weighted by atomic mass is 9.89. The molecule has 3 nitrogen and oxygen atoms in total. The summed E-state index contributed by atoms with van der Waals surface area (Å²) in [7, 11) is 2.06.